The highest BCUT2D eigenvalue weighted by Crippen LogP contribution is 2.36. The first-order chi connectivity index (χ1) is 7.16. The maximum absolute atomic E-state index is 11.3. The monoisotopic (exact) mass is 212 g/mol. The van der Waals surface area contributed by atoms with Crippen molar-refractivity contribution in [2.45, 2.75) is 46.0 Å². The van der Waals surface area contributed by atoms with E-state index in [1.54, 1.807) is 0 Å². The molecule has 0 aromatic heterocycles. The van der Waals surface area contributed by atoms with Crippen LogP contribution in [0.1, 0.15) is 46.0 Å². The van der Waals surface area contributed by atoms with Crippen LogP contribution >= 0.6 is 0 Å². The van der Waals surface area contributed by atoms with Crippen LogP contribution in [0.2, 0.25) is 0 Å². The average Bonchev–Trinajstić information content (AvgIpc) is 2.62. The standard InChI is InChI=1S/C12H24N2O/c1-3-8-14-11(15)9-13-10-12(2)6-4-5-7-12/h13H,3-10H2,1-2H3,(H,14,15). The van der Waals surface area contributed by atoms with Crippen molar-refractivity contribution in [2.24, 2.45) is 5.41 Å². The van der Waals surface area contributed by atoms with E-state index in [0.717, 1.165) is 19.5 Å². The highest BCUT2D eigenvalue weighted by molar-refractivity contribution is 5.77. The summed E-state index contributed by atoms with van der Waals surface area (Å²) < 4.78 is 0. The molecular weight excluding hydrogens is 188 g/mol. The van der Waals surface area contributed by atoms with Gasteiger partial charge >= 0.3 is 0 Å². The molecule has 2 N–H and O–H groups in total. The summed E-state index contributed by atoms with van der Waals surface area (Å²) >= 11 is 0. The number of amides is 1. The van der Waals surface area contributed by atoms with Crippen molar-refractivity contribution < 1.29 is 4.79 Å². The lowest BCUT2D eigenvalue weighted by Crippen LogP contribution is -2.38. The zero-order valence-electron chi connectivity index (χ0n) is 10.1. The van der Waals surface area contributed by atoms with Gasteiger partial charge in [0.25, 0.3) is 0 Å². The Morgan fingerprint density at radius 3 is 2.60 bits per heavy atom. The number of carbonyl (C=O) groups is 1. The Morgan fingerprint density at radius 1 is 1.33 bits per heavy atom. The van der Waals surface area contributed by atoms with E-state index < -0.39 is 0 Å². The van der Waals surface area contributed by atoms with Crippen LogP contribution in [0.5, 0.6) is 0 Å². The third-order valence-corrected chi connectivity index (χ3v) is 3.22. The molecule has 0 bridgehead atoms. The lowest BCUT2D eigenvalue weighted by Gasteiger charge is -2.23. The Bertz CT molecular complexity index is 198. The van der Waals surface area contributed by atoms with Crippen molar-refractivity contribution in [2.75, 3.05) is 19.6 Å². The number of hydrogen-bond donors (Lipinski definition) is 2. The number of rotatable bonds is 6. The van der Waals surface area contributed by atoms with Gasteiger partial charge < -0.3 is 10.6 Å². The van der Waals surface area contributed by atoms with E-state index in [1.165, 1.54) is 25.7 Å². The van der Waals surface area contributed by atoms with Crippen LogP contribution in [0.4, 0.5) is 0 Å². The van der Waals surface area contributed by atoms with Crippen molar-refractivity contribution >= 4 is 5.91 Å². The van der Waals surface area contributed by atoms with Crippen LogP contribution in [0.25, 0.3) is 0 Å². The molecule has 3 heteroatoms. The van der Waals surface area contributed by atoms with Crippen molar-refractivity contribution in [1.82, 2.24) is 10.6 Å². The first kappa shape index (κ1) is 12.5. The predicted molar refractivity (Wildman–Crippen MR) is 62.7 cm³/mol. The van der Waals surface area contributed by atoms with Crippen LogP contribution in [-0.2, 0) is 4.79 Å². The van der Waals surface area contributed by atoms with Crippen molar-refractivity contribution in [1.29, 1.82) is 0 Å². The molecule has 0 spiro atoms. The fraction of sp³-hybridized carbons (Fsp3) is 0.917. The zero-order valence-corrected chi connectivity index (χ0v) is 10.1. The topological polar surface area (TPSA) is 41.1 Å². The van der Waals surface area contributed by atoms with Gasteiger partial charge in [-0.25, -0.2) is 0 Å². The van der Waals surface area contributed by atoms with E-state index in [1.807, 2.05) is 0 Å². The molecule has 0 radical (unpaired) electrons. The molecule has 15 heavy (non-hydrogen) atoms. The van der Waals surface area contributed by atoms with Crippen LogP contribution < -0.4 is 10.6 Å². The van der Waals surface area contributed by atoms with Gasteiger partial charge in [0, 0.05) is 13.1 Å². The maximum atomic E-state index is 11.3. The third-order valence-electron chi connectivity index (χ3n) is 3.22. The summed E-state index contributed by atoms with van der Waals surface area (Å²) in [6.45, 7) is 6.62. The molecule has 1 amide bonds. The zero-order chi connectivity index (χ0) is 11.1. The minimum Gasteiger partial charge on any atom is -0.355 e. The first-order valence-electron chi connectivity index (χ1n) is 6.14. The summed E-state index contributed by atoms with van der Waals surface area (Å²) in [5.41, 5.74) is 0.436. The molecule has 1 saturated carbocycles. The van der Waals surface area contributed by atoms with Gasteiger partial charge in [0.1, 0.15) is 0 Å². The molecule has 0 aliphatic heterocycles. The second-order valence-electron chi connectivity index (χ2n) is 4.97. The SMILES string of the molecule is CCCNC(=O)CNCC1(C)CCCC1. The Morgan fingerprint density at radius 2 is 2.00 bits per heavy atom. The lowest BCUT2D eigenvalue weighted by molar-refractivity contribution is -0.120. The van der Waals surface area contributed by atoms with Gasteiger partial charge in [-0.2, -0.15) is 0 Å². The van der Waals surface area contributed by atoms with E-state index in [0.29, 0.717) is 12.0 Å². The second-order valence-corrected chi connectivity index (χ2v) is 4.97. The largest absolute Gasteiger partial charge is 0.355 e. The van der Waals surface area contributed by atoms with Gasteiger partial charge in [0.15, 0.2) is 0 Å². The molecule has 1 aliphatic rings. The molecule has 0 heterocycles. The van der Waals surface area contributed by atoms with Gasteiger partial charge in [0.2, 0.25) is 5.91 Å². The predicted octanol–water partition coefficient (Wildman–Crippen LogP) is 1.68. The van der Waals surface area contributed by atoms with E-state index in [4.69, 9.17) is 0 Å². The van der Waals surface area contributed by atoms with E-state index in [2.05, 4.69) is 24.5 Å². The molecule has 0 aromatic rings. The highest BCUT2D eigenvalue weighted by atomic mass is 16.1. The molecule has 1 rings (SSSR count). The summed E-state index contributed by atoms with van der Waals surface area (Å²) in [5.74, 6) is 0.124. The Kier molecular flexibility index (Phi) is 5.09. The number of carbonyl (C=O) groups excluding carboxylic acids is 1. The van der Waals surface area contributed by atoms with Gasteiger partial charge in [-0.3, -0.25) is 4.79 Å². The van der Waals surface area contributed by atoms with E-state index in [9.17, 15) is 4.79 Å². The summed E-state index contributed by atoms with van der Waals surface area (Å²) in [7, 11) is 0. The molecule has 0 unspecified atom stereocenters. The Hall–Kier alpha value is -0.570. The molecule has 1 aliphatic carbocycles. The third kappa shape index (κ3) is 4.65. The van der Waals surface area contributed by atoms with Gasteiger partial charge in [-0.05, 0) is 24.7 Å². The van der Waals surface area contributed by atoms with Crippen LogP contribution in [0, 0.1) is 5.41 Å². The minimum atomic E-state index is 0.124. The fourth-order valence-corrected chi connectivity index (χ4v) is 2.21. The van der Waals surface area contributed by atoms with Crippen LogP contribution in [0.15, 0.2) is 0 Å². The van der Waals surface area contributed by atoms with Crippen LogP contribution in [0.3, 0.4) is 0 Å². The normalized spacial score (nSPS) is 19.1. The summed E-state index contributed by atoms with van der Waals surface area (Å²) in [4.78, 5) is 11.3. The number of hydrogen-bond acceptors (Lipinski definition) is 2. The van der Waals surface area contributed by atoms with E-state index >= 15 is 0 Å². The first-order valence-corrected chi connectivity index (χ1v) is 6.14. The van der Waals surface area contributed by atoms with Gasteiger partial charge in [-0.1, -0.05) is 26.7 Å². The minimum absolute atomic E-state index is 0.124. The molecule has 3 nitrogen and oxygen atoms in total. The lowest BCUT2D eigenvalue weighted by atomic mass is 9.89. The Labute approximate surface area is 93.0 Å². The van der Waals surface area contributed by atoms with Crippen LogP contribution in [-0.4, -0.2) is 25.5 Å². The highest BCUT2D eigenvalue weighted by Gasteiger charge is 2.27. The van der Waals surface area contributed by atoms with E-state index in [-0.39, 0.29) is 5.91 Å². The molecule has 88 valence electrons. The fourth-order valence-electron chi connectivity index (χ4n) is 2.21. The molecule has 0 aromatic carbocycles. The van der Waals surface area contributed by atoms with Crippen molar-refractivity contribution in [3.63, 3.8) is 0 Å². The average molecular weight is 212 g/mol. The summed E-state index contributed by atoms with van der Waals surface area (Å²) in [6.07, 6.45) is 6.30. The smallest absolute Gasteiger partial charge is 0.233 e. The van der Waals surface area contributed by atoms with Gasteiger partial charge in [0.05, 0.1) is 6.54 Å². The second kappa shape index (κ2) is 6.11. The number of nitrogens with one attached hydrogen (secondary N) is 2. The Balaban J connectivity index is 2.07. The molecular formula is C12H24N2O. The molecule has 0 atom stereocenters. The quantitative estimate of drug-likeness (QED) is 0.703. The maximum Gasteiger partial charge on any atom is 0.233 e. The summed E-state index contributed by atoms with van der Waals surface area (Å²) in [5, 5.41) is 6.13. The molecule has 1 fully saturated rings. The summed E-state index contributed by atoms with van der Waals surface area (Å²) in [6, 6.07) is 0. The van der Waals surface area contributed by atoms with Gasteiger partial charge in [-0.15, -0.1) is 0 Å². The van der Waals surface area contributed by atoms with Crippen molar-refractivity contribution in [3.8, 4) is 0 Å². The molecule has 0 saturated heterocycles. The van der Waals surface area contributed by atoms with Crippen molar-refractivity contribution in [3.05, 3.63) is 0 Å².